The van der Waals surface area contributed by atoms with E-state index in [-0.39, 0.29) is 24.3 Å². The molecule has 0 aliphatic heterocycles. The first-order chi connectivity index (χ1) is 17.3. The summed E-state index contributed by atoms with van der Waals surface area (Å²) in [4.78, 5) is 25.3. The van der Waals surface area contributed by atoms with Crippen LogP contribution >= 0.6 is 0 Å². The zero-order valence-electron chi connectivity index (χ0n) is 20.6. The highest BCUT2D eigenvalue weighted by atomic mass is 16.5. The number of rotatable bonds is 13. The lowest BCUT2D eigenvalue weighted by atomic mass is 10.0. The topological polar surface area (TPSA) is 120 Å². The fourth-order valence-electron chi connectivity index (χ4n) is 3.93. The summed E-state index contributed by atoms with van der Waals surface area (Å²) in [6.45, 7) is 3.89. The van der Waals surface area contributed by atoms with Crippen LogP contribution in [0.4, 0.5) is 0 Å². The summed E-state index contributed by atoms with van der Waals surface area (Å²) in [5.41, 5.74) is 1.15. The van der Waals surface area contributed by atoms with E-state index in [0.717, 1.165) is 10.5 Å². The van der Waals surface area contributed by atoms with Gasteiger partial charge in [-0.2, -0.15) is 0 Å². The number of carboxylic acids is 1. The minimum Gasteiger partial charge on any atom is -0.493 e. The molecule has 3 aromatic rings. The Labute approximate surface area is 210 Å². The molecule has 0 radical (unpaired) electrons. The molecular formula is C28H33NO7. The second-order valence-corrected chi connectivity index (χ2v) is 8.67. The maximum atomic E-state index is 13.6. The number of amides is 1. The minimum absolute atomic E-state index is 0.0522. The van der Waals surface area contributed by atoms with Crippen molar-refractivity contribution in [3.05, 3.63) is 78.1 Å². The first-order valence-corrected chi connectivity index (χ1v) is 12.1. The number of nitrogens with zero attached hydrogens (tertiary/aromatic N) is 1. The van der Waals surface area contributed by atoms with Gasteiger partial charge >= 0.3 is 5.97 Å². The highest BCUT2D eigenvalue weighted by Gasteiger charge is 2.42. The number of aliphatic carboxylic acids is 1. The Morgan fingerprint density at radius 2 is 1.72 bits per heavy atom. The van der Waals surface area contributed by atoms with Gasteiger partial charge in [0.05, 0.1) is 18.4 Å². The van der Waals surface area contributed by atoms with Crippen molar-refractivity contribution in [3.8, 4) is 17.1 Å². The largest absolute Gasteiger partial charge is 0.493 e. The Morgan fingerprint density at radius 3 is 2.36 bits per heavy atom. The van der Waals surface area contributed by atoms with Gasteiger partial charge in [0.2, 0.25) is 0 Å². The van der Waals surface area contributed by atoms with Crippen molar-refractivity contribution in [3.63, 3.8) is 0 Å². The summed E-state index contributed by atoms with van der Waals surface area (Å²) in [6.07, 6.45) is 3.98. The molecule has 1 unspecified atom stereocenters. The lowest BCUT2D eigenvalue weighted by molar-refractivity contribution is -0.266. The Balaban J connectivity index is 1.81. The first kappa shape index (κ1) is 27.0. The normalized spacial score (nSPS) is 12.2. The highest BCUT2D eigenvalue weighted by molar-refractivity contribution is 5.95. The summed E-state index contributed by atoms with van der Waals surface area (Å²) >= 11 is 0. The third-order valence-electron chi connectivity index (χ3n) is 6.06. The number of para-hydroxylation sites is 1. The fourth-order valence-corrected chi connectivity index (χ4v) is 3.93. The fraction of sp³-hybridized carbons (Fsp3) is 0.357. The molecule has 1 atom stereocenters. The van der Waals surface area contributed by atoms with Crippen molar-refractivity contribution < 1.29 is 34.1 Å². The van der Waals surface area contributed by atoms with Gasteiger partial charge < -0.3 is 24.5 Å². The molecule has 2 aromatic carbocycles. The van der Waals surface area contributed by atoms with Crippen LogP contribution in [0.3, 0.4) is 0 Å². The standard InChI is InChI=1S/C28H33NO7/c1-3-20(2)29(27(32)22-16-14-21(15-17-22)24-12-9-19-35-24)28(33,34)23-10-6-7-11-25(23)36-18-8-4-5-13-26(30)31/h6-7,9-12,14-17,19-20,33-34H,3-5,8,13,18H2,1-2H3,(H,30,31). The molecule has 1 heterocycles. The SMILES string of the molecule is CCC(C)N(C(=O)c1ccc(-c2ccco2)cc1)C(O)(O)c1ccccc1OCCCCCC(=O)O. The highest BCUT2D eigenvalue weighted by Crippen LogP contribution is 2.34. The van der Waals surface area contributed by atoms with E-state index in [1.165, 1.54) is 6.07 Å². The monoisotopic (exact) mass is 495 g/mol. The third kappa shape index (κ3) is 6.53. The van der Waals surface area contributed by atoms with E-state index in [2.05, 4.69) is 0 Å². The molecule has 0 saturated carbocycles. The van der Waals surface area contributed by atoms with E-state index in [0.29, 0.717) is 37.0 Å². The molecular weight excluding hydrogens is 462 g/mol. The number of carbonyl (C=O) groups excluding carboxylic acids is 1. The van der Waals surface area contributed by atoms with E-state index >= 15 is 0 Å². The van der Waals surface area contributed by atoms with Crippen molar-refractivity contribution in [1.82, 2.24) is 4.90 Å². The van der Waals surface area contributed by atoms with Crippen LogP contribution in [0.2, 0.25) is 0 Å². The van der Waals surface area contributed by atoms with Gasteiger partial charge in [-0.25, -0.2) is 0 Å². The molecule has 0 aliphatic rings. The smallest absolute Gasteiger partial charge is 0.303 e. The number of ether oxygens (including phenoxy) is 1. The van der Waals surface area contributed by atoms with Gasteiger partial charge in [0.15, 0.2) is 0 Å². The Morgan fingerprint density at radius 1 is 1.00 bits per heavy atom. The molecule has 0 aliphatic carbocycles. The molecule has 0 fully saturated rings. The molecule has 1 amide bonds. The molecule has 0 saturated heterocycles. The van der Waals surface area contributed by atoms with E-state index in [4.69, 9.17) is 14.3 Å². The van der Waals surface area contributed by atoms with Crippen LogP contribution in [-0.4, -0.2) is 44.7 Å². The van der Waals surface area contributed by atoms with Crippen molar-refractivity contribution in [2.45, 2.75) is 57.9 Å². The molecule has 0 bridgehead atoms. The Bertz CT molecular complexity index is 1120. The van der Waals surface area contributed by atoms with Crippen LogP contribution < -0.4 is 4.74 Å². The second-order valence-electron chi connectivity index (χ2n) is 8.67. The van der Waals surface area contributed by atoms with Crippen molar-refractivity contribution >= 4 is 11.9 Å². The maximum Gasteiger partial charge on any atom is 0.303 e. The molecule has 0 spiro atoms. The molecule has 3 N–H and O–H groups in total. The van der Waals surface area contributed by atoms with E-state index < -0.39 is 23.8 Å². The lowest BCUT2D eigenvalue weighted by Gasteiger charge is -2.40. The Hall–Kier alpha value is -3.62. The molecule has 192 valence electrons. The predicted molar refractivity (Wildman–Crippen MR) is 134 cm³/mol. The maximum absolute atomic E-state index is 13.6. The van der Waals surface area contributed by atoms with Crippen LogP contribution in [0.25, 0.3) is 11.3 Å². The quantitative estimate of drug-likeness (QED) is 0.225. The Kier molecular flexibility index (Phi) is 9.27. The van der Waals surface area contributed by atoms with Gasteiger partial charge in [-0.1, -0.05) is 31.2 Å². The average molecular weight is 496 g/mol. The van der Waals surface area contributed by atoms with Crippen molar-refractivity contribution in [2.24, 2.45) is 0 Å². The molecule has 36 heavy (non-hydrogen) atoms. The van der Waals surface area contributed by atoms with E-state index in [1.807, 2.05) is 13.0 Å². The van der Waals surface area contributed by atoms with Gasteiger partial charge in [-0.05, 0) is 69.0 Å². The molecule has 1 aromatic heterocycles. The van der Waals surface area contributed by atoms with Crippen LogP contribution in [-0.2, 0) is 10.7 Å². The summed E-state index contributed by atoms with van der Waals surface area (Å²) in [7, 11) is 0. The van der Waals surface area contributed by atoms with Crippen LogP contribution in [0.5, 0.6) is 5.75 Å². The van der Waals surface area contributed by atoms with Gasteiger partial charge in [0, 0.05) is 23.6 Å². The van der Waals surface area contributed by atoms with Gasteiger partial charge in [0.1, 0.15) is 11.5 Å². The summed E-state index contributed by atoms with van der Waals surface area (Å²) in [5, 5.41) is 31.5. The molecule has 8 heteroatoms. The number of hydrogen-bond acceptors (Lipinski definition) is 6. The number of hydrogen-bond donors (Lipinski definition) is 3. The van der Waals surface area contributed by atoms with Crippen LogP contribution in [0.1, 0.15) is 61.9 Å². The number of aliphatic hydroxyl groups is 2. The zero-order chi connectivity index (χ0) is 26.1. The van der Waals surface area contributed by atoms with Crippen LogP contribution in [0, 0.1) is 0 Å². The van der Waals surface area contributed by atoms with Crippen molar-refractivity contribution in [2.75, 3.05) is 6.61 Å². The van der Waals surface area contributed by atoms with Gasteiger partial charge in [-0.3, -0.25) is 14.5 Å². The molecule has 3 rings (SSSR count). The zero-order valence-corrected chi connectivity index (χ0v) is 20.6. The average Bonchev–Trinajstić information content (AvgIpc) is 3.41. The van der Waals surface area contributed by atoms with E-state index in [9.17, 15) is 19.8 Å². The number of carbonyl (C=O) groups is 2. The number of benzene rings is 2. The third-order valence-corrected chi connectivity index (χ3v) is 6.06. The number of carboxylic acid groups (broad SMARTS) is 1. The first-order valence-electron chi connectivity index (χ1n) is 12.1. The van der Waals surface area contributed by atoms with Crippen molar-refractivity contribution in [1.29, 1.82) is 0 Å². The number of unbranched alkanes of at least 4 members (excludes halogenated alkanes) is 2. The predicted octanol–water partition coefficient (Wildman–Crippen LogP) is 5.01. The summed E-state index contributed by atoms with van der Waals surface area (Å²) < 4.78 is 11.2. The van der Waals surface area contributed by atoms with Gasteiger partial charge in [-0.15, -0.1) is 0 Å². The lowest BCUT2D eigenvalue weighted by Crippen LogP contribution is -2.53. The molecule has 8 nitrogen and oxygen atoms in total. The minimum atomic E-state index is -2.63. The second kappa shape index (κ2) is 12.4. The van der Waals surface area contributed by atoms with Crippen LogP contribution in [0.15, 0.2) is 71.3 Å². The summed E-state index contributed by atoms with van der Waals surface area (Å²) in [5.74, 6) is -3.09. The summed E-state index contributed by atoms with van der Waals surface area (Å²) in [6, 6.07) is 16.3. The van der Waals surface area contributed by atoms with Gasteiger partial charge in [0.25, 0.3) is 11.8 Å². The van der Waals surface area contributed by atoms with E-state index in [1.54, 1.807) is 61.7 Å². The number of furan rings is 1.